The third-order valence-corrected chi connectivity index (χ3v) is 3.76. The first kappa shape index (κ1) is 18.1. The molecule has 0 fully saturated rings. The second-order valence-corrected chi connectivity index (χ2v) is 7.74. The predicted molar refractivity (Wildman–Crippen MR) is 91.7 cm³/mol. The number of nitrogens with one attached hydrogen (secondary N) is 2. The fourth-order valence-electron chi connectivity index (χ4n) is 1.77. The Bertz CT molecular complexity index is 452. The standard InChI is InChI=1S/C17H28N2OS/c1-13(2)19-16(20)9-10-21-15-8-6-7-14(11-15)12-18-17(3,4)5/h6-8,11,13,18H,9-10,12H2,1-5H3,(H,19,20). The zero-order chi connectivity index (χ0) is 15.9. The minimum atomic E-state index is 0.123. The van der Waals surface area contributed by atoms with Gasteiger partial charge in [-0.05, 0) is 52.3 Å². The molecule has 1 amide bonds. The molecular formula is C17H28N2OS. The zero-order valence-corrected chi connectivity index (χ0v) is 14.6. The van der Waals surface area contributed by atoms with Crippen molar-refractivity contribution in [1.29, 1.82) is 0 Å². The largest absolute Gasteiger partial charge is 0.354 e. The van der Waals surface area contributed by atoms with Crippen LogP contribution in [0.1, 0.15) is 46.6 Å². The van der Waals surface area contributed by atoms with Crippen molar-refractivity contribution >= 4 is 17.7 Å². The molecule has 1 aromatic carbocycles. The van der Waals surface area contributed by atoms with Crippen LogP contribution >= 0.6 is 11.8 Å². The van der Waals surface area contributed by atoms with E-state index in [1.165, 1.54) is 10.5 Å². The van der Waals surface area contributed by atoms with Gasteiger partial charge in [-0.2, -0.15) is 0 Å². The smallest absolute Gasteiger partial charge is 0.221 e. The van der Waals surface area contributed by atoms with Gasteiger partial charge in [-0.3, -0.25) is 4.79 Å². The Balaban J connectivity index is 2.40. The molecule has 0 aliphatic heterocycles. The van der Waals surface area contributed by atoms with Gasteiger partial charge in [0.2, 0.25) is 5.91 Å². The topological polar surface area (TPSA) is 41.1 Å². The van der Waals surface area contributed by atoms with Crippen LogP contribution in [-0.4, -0.2) is 23.2 Å². The number of rotatable bonds is 7. The molecule has 2 N–H and O–H groups in total. The number of benzene rings is 1. The van der Waals surface area contributed by atoms with Crippen LogP contribution in [0.3, 0.4) is 0 Å². The number of carbonyl (C=O) groups excluding carboxylic acids is 1. The molecule has 0 saturated heterocycles. The highest BCUT2D eigenvalue weighted by atomic mass is 32.2. The van der Waals surface area contributed by atoms with Crippen molar-refractivity contribution in [1.82, 2.24) is 10.6 Å². The summed E-state index contributed by atoms with van der Waals surface area (Å²) in [5.74, 6) is 0.942. The molecule has 0 bridgehead atoms. The summed E-state index contributed by atoms with van der Waals surface area (Å²) in [5, 5.41) is 6.40. The quantitative estimate of drug-likeness (QED) is 0.757. The number of carbonyl (C=O) groups is 1. The highest BCUT2D eigenvalue weighted by molar-refractivity contribution is 7.99. The van der Waals surface area contributed by atoms with Gasteiger partial charge in [0.25, 0.3) is 0 Å². The van der Waals surface area contributed by atoms with Gasteiger partial charge < -0.3 is 10.6 Å². The van der Waals surface area contributed by atoms with E-state index in [1.54, 1.807) is 11.8 Å². The molecule has 0 aromatic heterocycles. The Morgan fingerprint density at radius 2 is 2.00 bits per heavy atom. The molecule has 3 nitrogen and oxygen atoms in total. The van der Waals surface area contributed by atoms with Crippen molar-refractivity contribution in [2.75, 3.05) is 5.75 Å². The molecule has 1 aromatic rings. The molecule has 1 rings (SSSR count). The lowest BCUT2D eigenvalue weighted by molar-refractivity contribution is -0.121. The van der Waals surface area contributed by atoms with Crippen LogP contribution < -0.4 is 10.6 Å². The van der Waals surface area contributed by atoms with Crippen molar-refractivity contribution in [3.05, 3.63) is 29.8 Å². The summed E-state index contributed by atoms with van der Waals surface area (Å²) in [6.45, 7) is 11.3. The maximum absolute atomic E-state index is 11.6. The van der Waals surface area contributed by atoms with Gasteiger partial charge in [-0.15, -0.1) is 11.8 Å². The third-order valence-electron chi connectivity index (χ3n) is 2.77. The average molecular weight is 308 g/mol. The second kappa shape index (κ2) is 8.44. The SMILES string of the molecule is CC(C)NC(=O)CCSc1cccc(CNC(C)(C)C)c1. The number of thioether (sulfide) groups is 1. The molecule has 0 unspecified atom stereocenters. The highest BCUT2D eigenvalue weighted by Gasteiger charge is 2.08. The Labute approximate surface area is 133 Å². The lowest BCUT2D eigenvalue weighted by Crippen LogP contribution is -2.35. The molecule has 0 atom stereocenters. The Hall–Kier alpha value is -1.00. The Kier molecular flexibility index (Phi) is 7.26. The van der Waals surface area contributed by atoms with E-state index >= 15 is 0 Å². The van der Waals surface area contributed by atoms with E-state index < -0.39 is 0 Å². The van der Waals surface area contributed by atoms with E-state index in [0.29, 0.717) is 6.42 Å². The van der Waals surface area contributed by atoms with E-state index in [-0.39, 0.29) is 17.5 Å². The van der Waals surface area contributed by atoms with Gasteiger partial charge in [0.15, 0.2) is 0 Å². The summed E-state index contributed by atoms with van der Waals surface area (Å²) < 4.78 is 0. The van der Waals surface area contributed by atoms with Crippen molar-refractivity contribution in [2.45, 2.75) is 64.1 Å². The van der Waals surface area contributed by atoms with Crippen LogP contribution in [0.15, 0.2) is 29.2 Å². The first-order valence-electron chi connectivity index (χ1n) is 7.52. The van der Waals surface area contributed by atoms with Crippen molar-refractivity contribution in [3.63, 3.8) is 0 Å². The molecule has 0 aliphatic rings. The van der Waals surface area contributed by atoms with Gasteiger partial charge in [-0.1, -0.05) is 12.1 Å². The fourth-order valence-corrected chi connectivity index (χ4v) is 2.70. The van der Waals surface area contributed by atoms with E-state index in [1.807, 2.05) is 13.8 Å². The van der Waals surface area contributed by atoms with E-state index in [0.717, 1.165) is 12.3 Å². The van der Waals surface area contributed by atoms with Gasteiger partial charge in [0.1, 0.15) is 0 Å². The molecular weight excluding hydrogens is 280 g/mol. The van der Waals surface area contributed by atoms with Crippen molar-refractivity contribution < 1.29 is 4.79 Å². The number of hydrogen-bond donors (Lipinski definition) is 2. The molecule has 0 spiro atoms. The molecule has 0 radical (unpaired) electrons. The van der Waals surface area contributed by atoms with Gasteiger partial charge >= 0.3 is 0 Å². The monoisotopic (exact) mass is 308 g/mol. The molecule has 0 saturated carbocycles. The van der Waals surface area contributed by atoms with Gasteiger partial charge in [0, 0.05) is 35.2 Å². The maximum atomic E-state index is 11.6. The summed E-state index contributed by atoms with van der Waals surface area (Å²) in [6.07, 6.45) is 0.563. The first-order chi connectivity index (χ1) is 9.76. The highest BCUT2D eigenvalue weighted by Crippen LogP contribution is 2.20. The van der Waals surface area contributed by atoms with E-state index in [4.69, 9.17) is 0 Å². The predicted octanol–water partition coefficient (Wildman–Crippen LogP) is 3.58. The molecule has 0 heterocycles. The van der Waals surface area contributed by atoms with Crippen molar-refractivity contribution in [3.8, 4) is 0 Å². The van der Waals surface area contributed by atoms with E-state index in [2.05, 4.69) is 55.7 Å². The summed E-state index contributed by atoms with van der Waals surface area (Å²) in [4.78, 5) is 12.8. The Morgan fingerprint density at radius 3 is 2.62 bits per heavy atom. The fraction of sp³-hybridized carbons (Fsp3) is 0.588. The zero-order valence-electron chi connectivity index (χ0n) is 13.8. The van der Waals surface area contributed by atoms with Crippen LogP contribution in [-0.2, 0) is 11.3 Å². The lowest BCUT2D eigenvalue weighted by atomic mass is 10.1. The van der Waals surface area contributed by atoms with Crippen LogP contribution in [0.5, 0.6) is 0 Å². The summed E-state index contributed by atoms with van der Waals surface area (Å²) in [7, 11) is 0. The van der Waals surface area contributed by atoms with Crippen molar-refractivity contribution in [2.24, 2.45) is 0 Å². The Morgan fingerprint density at radius 1 is 1.29 bits per heavy atom. The molecule has 4 heteroatoms. The molecule has 0 aliphatic carbocycles. The summed E-state index contributed by atoms with van der Waals surface area (Å²) >= 11 is 1.73. The lowest BCUT2D eigenvalue weighted by Gasteiger charge is -2.20. The van der Waals surface area contributed by atoms with Gasteiger partial charge in [-0.25, -0.2) is 0 Å². The van der Waals surface area contributed by atoms with Crippen LogP contribution in [0, 0.1) is 0 Å². The van der Waals surface area contributed by atoms with Crippen LogP contribution in [0.4, 0.5) is 0 Å². The minimum Gasteiger partial charge on any atom is -0.354 e. The van der Waals surface area contributed by atoms with Crippen LogP contribution in [0.25, 0.3) is 0 Å². The molecule has 118 valence electrons. The first-order valence-corrected chi connectivity index (χ1v) is 8.51. The van der Waals surface area contributed by atoms with Gasteiger partial charge in [0.05, 0.1) is 0 Å². The summed E-state index contributed by atoms with van der Waals surface area (Å²) in [6, 6.07) is 8.73. The third kappa shape index (κ3) is 8.79. The minimum absolute atomic E-state index is 0.123. The average Bonchev–Trinajstić information content (AvgIpc) is 2.35. The number of amides is 1. The molecule has 21 heavy (non-hydrogen) atoms. The number of hydrogen-bond acceptors (Lipinski definition) is 3. The second-order valence-electron chi connectivity index (χ2n) is 6.57. The normalized spacial score (nSPS) is 11.7. The van der Waals surface area contributed by atoms with Crippen LogP contribution in [0.2, 0.25) is 0 Å². The van der Waals surface area contributed by atoms with E-state index in [9.17, 15) is 4.79 Å². The summed E-state index contributed by atoms with van der Waals surface area (Å²) in [5.41, 5.74) is 1.40. The maximum Gasteiger partial charge on any atom is 0.221 e.